The lowest BCUT2D eigenvalue weighted by molar-refractivity contribution is 0.287. The van der Waals surface area contributed by atoms with Crippen molar-refractivity contribution in [1.82, 2.24) is 10.2 Å². The Morgan fingerprint density at radius 3 is 2.42 bits per heavy atom. The molecule has 1 N–H and O–H groups in total. The van der Waals surface area contributed by atoms with Crippen molar-refractivity contribution in [1.29, 1.82) is 0 Å². The number of nitrogens with one attached hydrogen (secondary N) is 1. The molecule has 19 heavy (non-hydrogen) atoms. The first-order chi connectivity index (χ1) is 9.13. The third kappa shape index (κ3) is 6.74. The van der Waals surface area contributed by atoms with Gasteiger partial charge in [-0.15, -0.1) is 0 Å². The lowest BCUT2D eigenvalue weighted by Gasteiger charge is -2.20. The molecule has 0 unspecified atom stereocenters. The quantitative estimate of drug-likeness (QED) is 0.687. The zero-order valence-electron chi connectivity index (χ0n) is 13.1. The molecule has 1 rings (SSSR count). The summed E-state index contributed by atoms with van der Waals surface area (Å²) >= 11 is 0. The number of rotatable bonds is 9. The van der Waals surface area contributed by atoms with Crippen molar-refractivity contribution >= 4 is 0 Å². The van der Waals surface area contributed by atoms with Crippen molar-refractivity contribution in [3.05, 3.63) is 35.4 Å². The number of hydrogen-bond acceptors (Lipinski definition) is 2. The Bertz CT molecular complexity index is 347. The largest absolute Gasteiger partial charge is 0.316 e. The van der Waals surface area contributed by atoms with Crippen molar-refractivity contribution in [2.24, 2.45) is 5.92 Å². The van der Waals surface area contributed by atoms with E-state index >= 15 is 0 Å². The summed E-state index contributed by atoms with van der Waals surface area (Å²) in [6.07, 6.45) is 2.34. The van der Waals surface area contributed by atoms with Gasteiger partial charge in [0.25, 0.3) is 0 Å². The van der Waals surface area contributed by atoms with Gasteiger partial charge in [-0.1, -0.05) is 45.0 Å². The summed E-state index contributed by atoms with van der Waals surface area (Å²) in [5, 5.41) is 3.48. The summed E-state index contributed by atoms with van der Waals surface area (Å²) in [5.41, 5.74) is 2.96. The fraction of sp³-hybridized carbons (Fsp3) is 0.647. The van der Waals surface area contributed by atoms with Crippen LogP contribution < -0.4 is 5.32 Å². The Morgan fingerprint density at radius 1 is 1.11 bits per heavy atom. The van der Waals surface area contributed by atoms with Gasteiger partial charge in [0, 0.05) is 13.1 Å². The molecule has 108 valence electrons. The maximum absolute atomic E-state index is 3.48. The molecule has 1 aromatic rings. The maximum Gasteiger partial charge on any atom is 0.0233 e. The number of nitrogens with zero attached hydrogens (tertiary/aromatic N) is 1. The minimum Gasteiger partial charge on any atom is -0.316 e. The molecule has 0 bridgehead atoms. The molecule has 1 aromatic carbocycles. The summed E-state index contributed by atoms with van der Waals surface area (Å²) in [7, 11) is 2.21. The smallest absolute Gasteiger partial charge is 0.0233 e. The van der Waals surface area contributed by atoms with Crippen molar-refractivity contribution in [3.8, 4) is 0 Å². The van der Waals surface area contributed by atoms with Crippen LogP contribution in [0.15, 0.2) is 24.3 Å². The van der Waals surface area contributed by atoms with Crippen molar-refractivity contribution in [2.75, 3.05) is 26.7 Å². The summed E-state index contributed by atoms with van der Waals surface area (Å²) < 4.78 is 0. The van der Waals surface area contributed by atoms with Crippen LogP contribution in [0.25, 0.3) is 0 Å². The summed E-state index contributed by atoms with van der Waals surface area (Å²) in [5.74, 6) is 0.725. The van der Waals surface area contributed by atoms with E-state index in [0.29, 0.717) is 0 Å². The Hall–Kier alpha value is -0.860. The van der Waals surface area contributed by atoms with Gasteiger partial charge in [-0.2, -0.15) is 0 Å². The second-order valence-corrected chi connectivity index (χ2v) is 5.86. The van der Waals surface area contributed by atoms with Gasteiger partial charge in [0.2, 0.25) is 0 Å². The third-order valence-corrected chi connectivity index (χ3v) is 3.23. The van der Waals surface area contributed by atoms with E-state index in [1.165, 1.54) is 17.5 Å². The van der Waals surface area contributed by atoms with E-state index in [-0.39, 0.29) is 0 Å². The predicted octanol–water partition coefficient (Wildman–Crippen LogP) is 3.32. The van der Waals surface area contributed by atoms with E-state index in [9.17, 15) is 0 Å². The molecule has 0 aliphatic carbocycles. The Morgan fingerprint density at radius 2 is 1.79 bits per heavy atom. The van der Waals surface area contributed by atoms with Crippen LogP contribution in [0.4, 0.5) is 0 Å². The van der Waals surface area contributed by atoms with Crippen LogP contribution in [0, 0.1) is 5.92 Å². The zero-order chi connectivity index (χ0) is 14.1. The second kappa shape index (κ2) is 9.11. The van der Waals surface area contributed by atoms with Gasteiger partial charge >= 0.3 is 0 Å². The van der Waals surface area contributed by atoms with Crippen LogP contribution >= 0.6 is 0 Å². The van der Waals surface area contributed by atoms with Crippen molar-refractivity contribution in [2.45, 2.75) is 40.2 Å². The number of hydrogen-bond donors (Lipinski definition) is 1. The van der Waals surface area contributed by atoms with E-state index in [1.807, 2.05) is 0 Å². The first-order valence-corrected chi connectivity index (χ1v) is 7.59. The third-order valence-electron chi connectivity index (χ3n) is 3.23. The minimum absolute atomic E-state index is 0.725. The van der Waals surface area contributed by atoms with E-state index in [4.69, 9.17) is 0 Å². The highest BCUT2D eigenvalue weighted by Gasteiger charge is 2.06. The topological polar surface area (TPSA) is 15.3 Å². The molecule has 0 amide bonds. The van der Waals surface area contributed by atoms with Gasteiger partial charge < -0.3 is 10.2 Å². The van der Waals surface area contributed by atoms with E-state index in [1.54, 1.807) is 0 Å². The molecular formula is C17H30N2. The molecule has 0 saturated heterocycles. The fourth-order valence-electron chi connectivity index (χ4n) is 2.46. The molecular weight excluding hydrogens is 232 g/mol. The molecule has 0 aliphatic rings. The molecule has 0 atom stereocenters. The monoisotopic (exact) mass is 262 g/mol. The lowest BCUT2D eigenvalue weighted by atomic mass is 10.0. The van der Waals surface area contributed by atoms with Gasteiger partial charge in [-0.3, -0.25) is 0 Å². The molecule has 0 fully saturated rings. The minimum atomic E-state index is 0.725. The Kier molecular flexibility index (Phi) is 7.76. The highest BCUT2D eigenvalue weighted by atomic mass is 15.1. The molecule has 0 radical (unpaired) electrons. The van der Waals surface area contributed by atoms with Gasteiger partial charge in [0.15, 0.2) is 0 Å². The first kappa shape index (κ1) is 16.2. The summed E-state index contributed by atoms with van der Waals surface area (Å²) in [6, 6.07) is 8.85. The molecule has 0 saturated carbocycles. The predicted molar refractivity (Wildman–Crippen MR) is 84.5 cm³/mol. The van der Waals surface area contributed by atoms with Crippen LogP contribution in [-0.4, -0.2) is 31.6 Å². The molecule has 0 aromatic heterocycles. The zero-order valence-corrected chi connectivity index (χ0v) is 13.1. The molecule has 0 spiro atoms. The van der Waals surface area contributed by atoms with Crippen LogP contribution in [-0.2, 0) is 13.0 Å². The van der Waals surface area contributed by atoms with Crippen LogP contribution in [0.5, 0.6) is 0 Å². The van der Waals surface area contributed by atoms with Crippen LogP contribution in [0.1, 0.15) is 38.3 Å². The number of benzene rings is 1. The van der Waals surface area contributed by atoms with Gasteiger partial charge in [-0.05, 0) is 50.0 Å². The summed E-state index contributed by atoms with van der Waals surface area (Å²) in [4.78, 5) is 2.42. The first-order valence-electron chi connectivity index (χ1n) is 7.59. The normalized spacial score (nSPS) is 11.5. The SMILES string of the molecule is CCCNCCc1ccccc1CN(C)CC(C)C. The van der Waals surface area contributed by atoms with Gasteiger partial charge in [0.05, 0.1) is 0 Å². The van der Waals surface area contributed by atoms with Crippen LogP contribution in [0.3, 0.4) is 0 Å². The average Bonchev–Trinajstić information content (AvgIpc) is 2.35. The highest BCUT2D eigenvalue weighted by Crippen LogP contribution is 2.12. The lowest BCUT2D eigenvalue weighted by Crippen LogP contribution is -2.24. The van der Waals surface area contributed by atoms with Gasteiger partial charge in [-0.25, -0.2) is 0 Å². The fourth-order valence-corrected chi connectivity index (χ4v) is 2.46. The molecule has 2 heteroatoms. The second-order valence-electron chi connectivity index (χ2n) is 5.86. The van der Waals surface area contributed by atoms with Crippen molar-refractivity contribution in [3.63, 3.8) is 0 Å². The van der Waals surface area contributed by atoms with E-state index < -0.39 is 0 Å². The Balaban J connectivity index is 2.52. The van der Waals surface area contributed by atoms with E-state index in [2.05, 4.69) is 62.3 Å². The van der Waals surface area contributed by atoms with Crippen molar-refractivity contribution < 1.29 is 0 Å². The summed E-state index contributed by atoms with van der Waals surface area (Å²) in [6.45, 7) is 11.2. The highest BCUT2D eigenvalue weighted by molar-refractivity contribution is 5.27. The molecule has 0 heterocycles. The van der Waals surface area contributed by atoms with Crippen LogP contribution in [0.2, 0.25) is 0 Å². The average molecular weight is 262 g/mol. The van der Waals surface area contributed by atoms with Gasteiger partial charge in [0.1, 0.15) is 0 Å². The molecule has 2 nitrogen and oxygen atoms in total. The standard InChI is InChI=1S/C17H30N2/c1-5-11-18-12-10-16-8-6-7-9-17(16)14-19(4)13-15(2)3/h6-9,15,18H,5,10-14H2,1-4H3. The van der Waals surface area contributed by atoms with E-state index in [0.717, 1.165) is 38.5 Å². The maximum atomic E-state index is 3.48. The Labute approximate surface area is 119 Å². The molecule has 0 aliphatic heterocycles.